The lowest BCUT2D eigenvalue weighted by molar-refractivity contribution is -0.118. The summed E-state index contributed by atoms with van der Waals surface area (Å²) in [5.41, 5.74) is 19.3. The van der Waals surface area contributed by atoms with Gasteiger partial charge in [0.1, 0.15) is 5.75 Å². The SMILES string of the molecule is CC(C)Nc1ccc(NC(C)C)c2c1C(=O)c1ccccc1C2=O.CC1=NN(c2ccccc2)C(=O)/C1=C/C1C(=O)N(c2ccccc2)N=C1C.CNc1cccc2c1C(=O)c1ccccc1C2=O.Cc1ccc(Nc2ccc(Nc3ccc(C)cc3)c3c2C(=O)c2ccccc2C3=O)cc1.Cc1ccc(Nc2ccc(O)c3c2C(=O)c2ccccc2C3=O)cc1. The molecule has 1 unspecified atom stereocenters. The fourth-order valence-corrected chi connectivity index (χ4v) is 15.7. The molecule has 2 heterocycles. The zero-order valence-corrected chi connectivity index (χ0v) is 70.8. The number of nitrogens with one attached hydrogen (secondary N) is 6. The van der Waals surface area contributed by atoms with Gasteiger partial charge in [-0.25, -0.2) is 0 Å². The van der Waals surface area contributed by atoms with Crippen LogP contribution in [-0.4, -0.2) is 93.7 Å². The molecule has 0 saturated carbocycles. The van der Waals surface area contributed by atoms with Crippen molar-refractivity contribution in [1.82, 2.24) is 0 Å². The number of carbonyl (C=O) groups is 10. The molecule has 0 spiro atoms. The smallest absolute Gasteiger partial charge is 0.280 e. The third kappa shape index (κ3) is 17.0. The van der Waals surface area contributed by atoms with Crippen LogP contribution in [0, 0.1) is 26.7 Å². The van der Waals surface area contributed by atoms with Gasteiger partial charge in [-0.05, 0) is 165 Å². The van der Waals surface area contributed by atoms with Crippen molar-refractivity contribution < 1.29 is 53.1 Å². The van der Waals surface area contributed by atoms with Gasteiger partial charge in [-0.15, -0.1) is 0 Å². The zero-order chi connectivity index (χ0) is 88.9. The number of hydrogen-bond acceptors (Lipinski definition) is 19. The third-order valence-electron chi connectivity index (χ3n) is 21.9. The van der Waals surface area contributed by atoms with Gasteiger partial charge in [0.15, 0.2) is 46.3 Å². The first-order valence-corrected chi connectivity index (χ1v) is 41.2. The van der Waals surface area contributed by atoms with Crippen LogP contribution in [0.5, 0.6) is 5.75 Å². The largest absolute Gasteiger partial charge is 0.507 e. The van der Waals surface area contributed by atoms with Crippen molar-refractivity contribution in [3.8, 4) is 5.75 Å². The molecule has 21 nitrogen and oxygen atoms in total. The number of nitrogens with zero attached hydrogens (tertiary/aromatic N) is 4. The number of anilines is 11. The molecule has 0 radical (unpaired) electrons. The Morgan fingerprint density at radius 1 is 0.310 bits per heavy atom. The molecular formula is C105H88N10O11. The van der Waals surface area contributed by atoms with Gasteiger partial charge in [0, 0.05) is 103 Å². The number of phenolic OH excluding ortho intramolecular Hbond substituents is 1. The van der Waals surface area contributed by atoms with Crippen LogP contribution in [0.4, 0.5) is 62.6 Å². The maximum absolute atomic E-state index is 13.5. The molecule has 4 aliphatic carbocycles. The summed E-state index contributed by atoms with van der Waals surface area (Å²) in [6.07, 6.45) is 1.67. The minimum Gasteiger partial charge on any atom is -0.507 e. The van der Waals surface area contributed by atoms with E-state index >= 15 is 0 Å². The summed E-state index contributed by atoms with van der Waals surface area (Å²) in [5, 5.41) is 41.1. The second kappa shape index (κ2) is 36.3. The standard InChI is InChI=1S/C28H22N2O2.C21H18N4O2.C21H15NO3.C20H22N2O2.C15H11NO2/c1-17-7-11-19(12-8-17)29-23-15-16-24(30-20-13-9-18(2)10-14-20)26-25(23)27(31)21-5-3-4-6-22(21)28(26)32;1-14-18(20(26)24(22-14)16-9-5-3-6-10-16)13-19-15(2)23-25(21(19)27)17-11-7-4-8-12-17;1-12-6-8-13(9-7-12)22-16-10-11-17(23)19-18(16)20(24)14-4-2-3-5-15(14)21(19)25;1-11(2)21-15-9-10-16(22-12(3)4)18-17(15)19(23)13-7-5-6-8-14(13)20(18)24;1-16-12-8-4-7-11-13(12)15(18)10-6-3-2-5-9(10)14(11)17/h3-16,29-30H,1-2H3;3-13,18H,1-2H3;2-11,22-23H,1H3;5-12,21-22H,1-4H3;2-8,16H,1H3/b;19-13+;;;. The molecule has 13 aromatic carbocycles. The van der Waals surface area contributed by atoms with Gasteiger partial charge < -0.3 is 37.0 Å². The highest BCUT2D eigenvalue weighted by Gasteiger charge is 2.40. The fourth-order valence-electron chi connectivity index (χ4n) is 15.7. The van der Waals surface area contributed by atoms with Crippen molar-refractivity contribution in [1.29, 1.82) is 0 Å². The lowest BCUT2D eigenvalue weighted by Gasteiger charge is -2.25. The summed E-state index contributed by atoms with van der Waals surface area (Å²) in [4.78, 5) is 129. The monoisotopic (exact) mass is 1660 g/mol. The van der Waals surface area contributed by atoms with Gasteiger partial charge in [-0.3, -0.25) is 47.9 Å². The summed E-state index contributed by atoms with van der Waals surface area (Å²) >= 11 is 0. The number of hydrogen-bond donors (Lipinski definition) is 7. The van der Waals surface area contributed by atoms with Gasteiger partial charge in [-0.2, -0.15) is 20.2 Å². The number of aromatic hydroxyl groups is 1. The van der Waals surface area contributed by atoms with E-state index in [2.05, 4.69) is 42.1 Å². The maximum Gasteiger partial charge on any atom is 0.280 e. The van der Waals surface area contributed by atoms with E-state index in [0.29, 0.717) is 140 Å². The van der Waals surface area contributed by atoms with E-state index < -0.39 is 5.92 Å². The number of rotatable bonds is 14. The summed E-state index contributed by atoms with van der Waals surface area (Å²) in [6.45, 7) is 17.6. The van der Waals surface area contributed by atoms with Gasteiger partial charge in [0.2, 0.25) is 0 Å². The fraction of sp³-hybridized carbons (Fsp3) is 0.124. The van der Waals surface area contributed by atoms with Gasteiger partial charge >= 0.3 is 0 Å². The molecule has 2 aliphatic heterocycles. The Balaban J connectivity index is 0.000000123. The number of benzene rings is 13. The summed E-state index contributed by atoms with van der Waals surface area (Å²) in [7, 11) is 1.74. The molecule has 13 aromatic rings. The van der Waals surface area contributed by atoms with Crippen LogP contribution in [0.25, 0.3) is 0 Å². The van der Waals surface area contributed by atoms with Gasteiger partial charge in [-0.1, -0.05) is 205 Å². The molecule has 6 aliphatic rings. The molecule has 0 aromatic heterocycles. The van der Waals surface area contributed by atoms with E-state index in [1.165, 1.54) is 16.1 Å². The van der Waals surface area contributed by atoms with Crippen molar-refractivity contribution in [2.75, 3.05) is 49.0 Å². The Kier molecular flexibility index (Phi) is 24.4. The molecule has 21 heteroatoms. The number of phenols is 1. The average molecular weight is 1670 g/mol. The second-order valence-electron chi connectivity index (χ2n) is 31.5. The Labute approximate surface area is 728 Å². The molecule has 1 atom stereocenters. The highest BCUT2D eigenvalue weighted by Crippen LogP contribution is 2.43. The van der Waals surface area contributed by atoms with Gasteiger partial charge in [0.05, 0.1) is 90.3 Å². The first-order valence-electron chi connectivity index (χ1n) is 41.2. The maximum atomic E-state index is 13.5. The molecule has 0 fully saturated rings. The van der Waals surface area contributed by atoms with Crippen LogP contribution < -0.4 is 41.9 Å². The summed E-state index contributed by atoms with van der Waals surface area (Å²) < 4.78 is 0. The number of amides is 2. The number of hydrazone groups is 2. The third-order valence-corrected chi connectivity index (χ3v) is 21.9. The van der Waals surface area contributed by atoms with Crippen LogP contribution in [0.15, 0.2) is 307 Å². The van der Waals surface area contributed by atoms with Crippen LogP contribution in [0.1, 0.15) is 186 Å². The summed E-state index contributed by atoms with van der Waals surface area (Å²) in [5.74, 6) is -2.47. The van der Waals surface area contributed by atoms with Crippen LogP contribution >= 0.6 is 0 Å². The Morgan fingerprint density at radius 2 is 0.619 bits per heavy atom. The lowest BCUT2D eigenvalue weighted by atomic mass is 9.82. The number of carbonyl (C=O) groups excluding carboxylic acids is 10. The van der Waals surface area contributed by atoms with Gasteiger partial charge in [0.25, 0.3) is 11.8 Å². The molecular weight excluding hydrogens is 1580 g/mol. The number of ketones is 8. The van der Waals surface area contributed by atoms with Crippen LogP contribution in [-0.2, 0) is 9.59 Å². The molecule has 19 rings (SSSR count). The predicted molar refractivity (Wildman–Crippen MR) is 497 cm³/mol. The minimum atomic E-state index is -0.579. The topological polar surface area (TPSA) is 294 Å². The molecule has 0 bridgehead atoms. The van der Waals surface area contributed by atoms with Crippen LogP contribution in [0.2, 0.25) is 0 Å². The second-order valence-corrected chi connectivity index (χ2v) is 31.5. The number of fused-ring (bicyclic) bond motifs is 8. The Hall–Kier alpha value is -16.2. The van der Waals surface area contributed by atoms with E-state index in [4.69, 9.17) is 0 Å². The zero-order valence-electron chi connectivity index (χ0n) is 70.8. The average Bonchev–Trinajstić information content (AvgIpc) is 0.978. The van der Waals surface area contributed by atoms with E-state index in [1.54, 1.807) is 148 Å². The van der Waals surface area contributed by atoms with Crippen molar-refractivity contribution in [2.24, 2.45) is 16.1 Å². The minimum absolute atomic E-state index is 0.0563. The normalized spacial score (nSPS) is 14.4. The van der Waals surface area contributed by atoms with E-state index in [0.717, 1.165) is 33.8 Å². The van der Waals surface area contributed by atoms with E-state index in [1.807, 2.05) is 206 Å². The molecule has 624 valence electrons. The molecule has 2 amide bonds. The van der Waals surface area contributed by atoms with Crippen molar-refractivity contribution in [3.05, 3.63) is 402 Å². The van der Waals surface area contributed by atoms with E-state index in [-0.39, 0.29) is 87.0 Å². The molecule has 7 N–H and O–H groups in total. The number of aryl methyl sites for hydroxylation is 3. The first-order chi connectivity index (χ1) is 60.8. The van der Waals surface area contributed by atoms with E-state index in [9.17, 15) is 53.1 Å². The van der Waals surface area contributed by atoms with Crippen molar-refractivity contribution in [2.45, 2.75) is 74.4 Å². The quantitative estimate of drug-likeness (QED) is 0.0393. The number of para-hydroxylation sites is 2. The predicted octanol–water partition coefficient (Wildman–Crippen LogP) is 20.8. The van der Waals surface area contributed by atoms with Crippen molar-refractivity contribution in [3.63, 3.8) is 0 Å². The first kappa shape index (κ1) is 84.8. The highest BCUT2D eigenvalue weighted by molar-refractivity contribution is 6.35. The molecule has 126 heavy (non-hydrogen) atoms. The lowest BCUT2D eigenvalue weighted by Crippen LogP contribution is -2.27. The van der Waals surface area contributed by atoms with Crippen LogP contribution in [0.3, 0.4) is 0 Å². The highest BCUT2D eigenvalue weighted by atomic mass is 16.3. The summed E-state index contributed by atoms with van der Waals surface area (Å²) in [6, 6.07) is 85.9. The van der Waals surface area contributed by atoms with Crippen molar-refractivity contribution >= 4 is 132 Å². The Bertz CT molecular complexity index is 6540. The Morgan fingerprint density at radius 3 is 0.992 bits per heavy atom. The molecule has 0 saturated heterocycles.